The van der Waals surface area contributed by atoms with Crippen LogP contribution in [0.1, 0.15) is 10.4 Å². The van der Waals surface area contributed by atoms with Gasteiger partial charge in [0.05, 0.1) is 10.6 Å². The van der Waals surface area contributed by atoms with E-state index in [1.807, 2.05) is 12.1 Å². The molecule has 0 aliphatic carbocycles. The fourth-order valence-electron chi connectivity index (χ4n) is 2.17. The second kappa shape index (κ2) is 7.15. The van der Waals surface area contributed by atoms with Gasteiger partial charge in [-0.15, -0.1) is 0 Å². The number of nitrogens with one attached hydrogen (secondary N) is 1. The summed E-state index contributed by atoms with van der Waals surface area (Å²) in [7, 11) is 0. The van der Waals surface area contributed by atoms with Gasteiger partial charge in [0, 0.05) is 11.8 Å². The number of aromatic hydroxyl groups is 2. The van der Waals surface area contributed by atoms with Crippen molar-refractivity contribution in [3.63, 3.8) is 0 Å². The molecule has 5 nitrogen and oxygen atoms in total. The van der Waals surface area contributed by atoms with Crippen LogP contribution < -0.4 is 10.1 Å². The molecular weight excluding hydrogens is 342 g/mol. The lowest BCUT2D eigenvalue weighted by molar-refractivity contribution is 0.102. The summed E-state index contributed by atoms with van der Waals surface area (Å²) in [4.78, 5) is 12.2. The lowest BCUT2D eigenvalue weighted by atomic mass is 10.1. The third kappa shape index (κ3) is 4.02. The van der Waals surface area contributed by atoms with E-state index in [-0.39, 0.29) is 17.1 Å². The zero-order valence-electron chi connectivity index (χ0n) is 12.9. The van der Waals surface area contributed by atoms with E-state index in [1.165, 1.54) is 12.1 Å². The van der Waals surface area contributed by atoms with Gasteiger partial charge >= 0.3 is 0 Å². The molecule has 3 aromatic carbocycles. The standard InChI is InChI=1S/C19H14ClNO4/c20-16-3-1-2-4-18(16)25-14-8-5-12(6-9-14)21-19(24)15-10-7-13(22)11-17(15)23/h1-11,22-23H,(H,21,24). The van der Waals surface area contributed by atoms with Gasteiger partial charge in [0.1, 0.15) is 23.0 Å². The van der Waals surface area contributed by atoms with E-state index in [0.717, 1.165) is 6.07 Å². The van der Waals surface area contributed by atoms with Crippen LogP contribution in [-0.4, -0.2) is 16.1 Å². The molecule has 0 aliphatic rings. The summed E-state index contributed by atoms with van der Waals surface area (Å²) in [5.41, 5.74) is 0.596. The molecule has 0 heterocycles. The van der Waals surface area contributed by atoms with E-state index in [4.69, 9.17) is 16.3 Å². The van der Waals surface area contributed by atoms with E-state index in [2.05, 4.69) is 5.32 Å². The van der Waals surface area contributed by atoms with Crippen molar-refractivity contribution in [2.75, 3.05) is 5.32 Å². The Bertz CT molecular complexity index is 910. The van der Waals surface area contributed by atoms with Crippen LogP contribution in [0.15, 0.2) is 66.7 Å². The SMILES string of the molecule is O=C(Nc1ccc(Oc2ccccc2Cl)cc1)c1ccc(O)cc1O. The summed E-state index contributed by atoms with van der Waals surface area (Å²) in [5.74, 6) is 0.206. The fraction of sp³-hybridized carbons (Fsp3) is 0. The highest BCUT2D eigenvalue weighted by atomic mass is 35.5. The Morgan fingerprint density at radius 2 is 1.68 bits per heavy atom. The summed E-state index contributed by atoms with van der Waals surface area (Å²) in [5, 5.41) is 22.1. The Hall–Kier alpha value is -3.18. The number of carbonyl (C=O) groups is 1. The zero-order chi connectivity index (χ0) is 17.8. The van der Waals surface area contributed by atoms with Gasteiger partial charge in [0.2, 0.25) is 0 Å². The van der Waals surface area contributed by atoms with Crippen LogP contribution in [0.2, 0.25) is 5.02 Å². The molecule has 6 heteroatoms. The van der Waals surface area contributed by atoms with Crippen LogP contribution in [0.3, 0.4) is 0 Å². The number of para-hydroxylation sites is 1. The molecule has 0 radical (unpaired) electrons. The molecule has 1 amide bonds. The van der Waals surface area contributed by atoms with E-state index in [0.29, 0.717) is 22.2 Å². The van der Waals surface area contributed by atoms with Crippen molar-refractivity contribution < 1.29 is 19.7 Å². The van der Waals surface area contributed by atoms with Crippen LogP contribution in [0.5, 0.6) is 23.0 Å². The van der Waals surface area contributed by atoms with Crippen molar-refractivity contribution in [2.45, 2.75) is 0 Å². The summed E-state index contributed by atoms with van der Waals surface area (Å²) in [6, 6.07) is 17.6. The third-order valence-corrected chi connectivity index (χ3v) is 3.71. The van der Waals surface area contributed by atoms with E-state index < -0.39 is 5.91 Å². The molecule has 0 bridgehead atoms. The predicted molar refractivity (Wildman–Crippen MR) is 95.7 cm³/mol. The van der Waals surface area contributed by atoms with Gasteiger partial charge in [-0.05, 0) is 48.5 Å². The van der Waals surface area contributed by atoms with Crippen LogP contribution >= 0.6 is 11.6 Å². The van der Waals surface area contributed by atoms with Crippen molar-refractivity contribution in [1.29, 1.82) is 0 Å². The maximum Gasteiger partial charge on any atom is 0.259 e. The monoisotopic (exact) mass is 355 g/mol. The Kier molecular flexibility index (Phi) is 4.77. The van der Waals surface area contributed by atoms with Crippen molar-refractivity contribution in [3.8, 4) is 23.0 Å². The van der Waals surface area contributed by atoms with Gasteiger partial charge in [0.15, 0.2) is 0 Å². The lowest BCUT2D eigenvalue weighted by Crippen LogP contribution is -2.11. The topological polar surface area (TPSA) is 78.8 Å². The molecule has 3 rings (SSSR count). The molecule has 25 heavy (non-hydrogen) atoms. The van der Waals surface area contributed by atoms with Gasteiger partial charge in [-0.3, -0.25) is 4.79 Å². The number of hydrogen-bond donors (Lipinski definition) is 3. The number of halogens is 1. The van der Waals surface area contributed by atoms with E-state index in [1.54, 1.807) is 36.4 Å². The smallest absolute Gasteiger partial charge is 0.259 e. The second-order valence-corrected chi connectivity index (χ2v) is 5.62. The largest absolute Gasteiger partial charge is 0.508 e. The first-order valence-electron chi connectivity index (χ1n) is 7.39. The summed E-state index contributed by atoms with van der Waals surface area (Å²) in [6.45, 7) is 0. The molecule has 0 unspecified atom stereocenters. The number of benzene rings is 3. The molecule has 0 aliphatic heterocycles. The number of ether oxygens (including phenoxy) is 1. The molecular formula is C19H14ClNO4. The molecule has 126 valence electrons. The molecule has 3 N–H and O–H groups in total. The number of carbonyl (C=O) groups excluding carboxylic acids is 1. The predicted octanol–water partition coefficient (Wildman–Crippen LogP) is 4.80. The number of anilines is 1. The molecule has 0 saturated heterocycles. The highest BCUT2D eigenvalue weighted by molar-refractivity contribution is 6.32. The number of hydrogen-bond acceptors (Lipinski definition) is 4. The van der Waals surface area contributed by atoms with Crippen molar-refractivity contribution in [1.82, 2.24) is 0 Å². The number of rotatable bonds is 4. The molecule has 0 saturated carbocycles. The molecule has 0 aromatic heterocycles. The van der Waals surface area contributed by atoms with E-state index >= 15 is 0 Å². The van der Waals surface area contributed by atoms with Gasteiger partial charge in [-0.25, -0.2) is 0 Å². The molecule has 0 spiro atoms. The molecule has 0 fully saturated rings. The Balaban J connectivity index is 1.70. The first kappa shape index (κ1) is 16.7. The summed E-state index contributed by atoms with van der Waals surface area (Å²) < 4.78 is 5.67. The number of amides is 1. The number of phenols is 2. The highest BCUT2D eigenvalue weighted by Crippen LogP contribution is 2.29. The molecule has 0 atom stereocenters. The Labute approximate surface area is 149 Å². The quantitative estimate of drug-likeness (QED) is 0.628. The van der Waals surface area contributed by atoms with Gasteiger partial charge in [-0.1, -0.05) is 23.7 Å². The normalized spacial score (nSPS) is 10.3. The maximum atomic E-state index is 12.2. The average molecular weight is 356 g/mol. The third-order valence-electron chi connectivity index (χ3n) is 3.40. The van der Waals surface area contributed by atoms with Crippen molar-refractivity contribution >= 4 is 23.2 Å². The minimum absolute atomic E-state index is 0.0641. The average Bonchev–Trinajstić information content (AvgIpc) is 2.58. The van der Waals surface area contributed by atoms with Gasteiger partial charge in [-0.2, -0.15) is 0 Å². The lowest BCUT2D eigenvalue weighted by Gasteiger charge is -2.10. The van der Waals surface area contributed by atoms with Gasteiger partial charge in [0.25, 0.3) is 5.91 Å². The van der Waals surface area contributed by atoms with Crippen LogP contribution in [0.4, 0.5) is 5.69 Å². The molecule has 3 aromatic rings. The summed E-state index contributed by atoms with van der Waals surface area (Å²) >= 11 is 6.04. The summed E-state index contributed by atoms with van der Waals surface area (Å²) in [6.07, 6.45) is 0. The fourth-order valence-corrected chi connectivity index (χ4v) is 2.35. The van der Waals surface area contributed by atoms with Crippen molar-refractivity contribution in [2.24, 2.45) is 0 Å². The van der Waals surface area contributed by atoms with Crippen LogP contribution in [0, 0.1) is 0 Å². The Morgan fingerprint density at radius 3 is 2.36 bits per heavy atom. The van der Waals surface area contributed by atoms with Crippen LogP contribution in [0.25, 0.3) is 0 Å². The van der Waals surface area contributed by atoms with Crippen molar-refractivity contribution in [3.05, 3.63) is 77.3 Å². The first-order chi connectivity index (χ1) is 12.0. The van der Waals surface area contributed by atoms with Crippen LogP contribution in [-0.2, 0) is 0 Å². The Morgan fingerprint density at radius 1 is 0.960 bits per heavy atom. The minimum Gasteiger partial charge on any atom is -0.508 e. The van der Waals surface area contributed by atoms with E-state index in [9.17, 15) is 15.0 Å². The second-order valence-electron chi connectivity index (χ2n) is 5.21. The number of phenolic OH excluding ortho intramolecular Hbond substituents is 2. The minimum atomic E-state index is -0.489. The highest BCUT2D eigenvalue weighted by Gasteiger charge is 2.12. The van der Waals surface area contributed by atoms with Gasteiger partial charge < -0.3 is 20.3 Å². The first-order valence-corrected chi connectivity index (χ1v) is 7.76. The zero-order valence-corrected chi connectivity index (χ0v) is 13.7. The maximum absolute atomic E-state index is 12.2.